The van der Waals surface area contributed by atoms with E-state index >= 15 is 0 Å². The maximum absolute atomic E-state index is 12.9. The number of amides is 2. The van der Waals surface area contributed by atoms with E-state index in [4.69, 9.17) is 0 Å². The van der Waals surface area contributed by atoms with Gasteiger partial charge in [-0.05, 0) is 24.5 Å². The average Bonchev–Trinajstić information content (AvgIpc) is 3.12. The van der Waals surface area contributed by atoms with E-state index in [1.807, 2.05) is 30.3 Å². The van der Waals surface area contributed by atoms with Crippen LogP contribution in [0.25, 0.3) is 0 Å². The Hall–Kier alpha value is -2.66. The molecule has 140 valence electrons. The molecule has 2 saturated heterocycles. The summed E-state index contributed by atoms with van der Waals surface area (Å²) in [5.41, 5.74) is 3.51. The molecule has 0 radical (unpaired) electrons. The van der Waals surface area contributed by atoms with Crippen LogP contribution in [0, 0.1) is 6.92 Å². The molecule has 0 aliphatic carbocycles. The molecule has 5 heteroatoms. The Bertz CT molecular complexity index is 819. The fourth-order valence-corrected chi connectivity index (χ4v) is 3.96. The number of nitrogens with one attached hydrogen (secondary N) is 2. The Morgan fingerprint density at radius 2 is 1.78 bits per heavy atom. The monoisotopic (exact) mass is 363 g/mol. The van der Waals surface area contributed by atoms with Crippen molar-refractivity contribution in [3.63, 3.8) is 0 Å². The topological polar surface area (TPSA) is 61.4 Å². The Kier molecular flexibility index (Phi) is 4.94. The predicted octanol–water partition coefficient (Wildman–Crippen LogP) is 1.80. The van der Waals surface area contributed by atoms with Gasteiger partial charge in [0.1, 0.15) is 12.1 Å². The Labute approximate surface area is 159 Å². The lowest BCUT2D eigenvalue weighted by atomic mass is 10.0. The number of rotatable bonds is 5. The molecule has 27 heavy (non-hydrogen) atoms. The standard InChI is InChI=1S/C22H25N3O2/c1-15-7-9-17(10-8-15)13-23-18-12-20-21(26)24-19(22(27)25(20)14-18)11-16-5-3-2-4-6-16/h2-10,18-20,23H,11-14H2,1H3,(H,24,26)/t18-,19+,20-/m0/s1. The molecule has 0 unspecified atom stereocenters. The van der Waals surface area contributed by atoms with Gasteiger partial charge in [0.25, 0.3) is 0 Å². The van der Waals surface area contributed by atoms with Gasteiger partial charge in [-0.2, -0.15) is 0 Å². The van der Waals surface area contributed by atoms with E-state index in [1.54, 1.807) is 4.90 Å². The maximum Gasteiger partial charge on any atom is 0.246 e. The van der Waals surface area contributed by atoms with Crippen molar-refractivity contribution in [2.45, 2.75) is 44.4 Å². The molecule has 4 rings (SSSR count). The summed E-state index contributed by atoms with van der Waals surface area (Å²) in [7, 11) is 0. The van der Waals surface area contributed by atoms with Crippen molar-refractivity contribution >= 4 is 11.8 Å². The van der Waals surface area contributed by atoms with Crippen LogP contribution in [0.3, 0.4) is 0 Å². The molecule has 3 atom stereocenters. The molecule has 2 aromatic rings. The summed E-state index contributed by atoms with van der Waals surface area (Å²) in [5, 5.41) is 6.43. The minimum Gasteiger partial charge on any atom is -0.342 e. The third-order valence-corrected chi connectivity index (χ3v) is 5.50. The zero-order valence-corrected chi connectivity index (χ0v) is 15.5. The van der Waals surface area contributed by atoms with Crippen molar-refractivity contribution < 1.29 is 9.59 Å². The third kappa shape index (κ3) is 3.88. The second-order valence-electron chi connectivity index (χ2n) is 7.56. The molecular weight excluding hydrogens is 338 g/mol. The van der Waals surface area contributed by atoms with E-state index in [1.165, 1.54) is 11.1 Å². The van der Waals surface area contributed by atoms with Gasteiger partial charge in [-0.3, -0.25) is 9.59 Å². The molecule has 2 aromatic carbocycles. The average molecular weight is 363 g/mol. The molecule has 2 heterocycles. The van der Waals surface area contributed by atoms with E-state index in [0.717, 1.165) is 12.1 Å². The van der Waals surface area contributed by atoms with Gasteiger partial charge in [0, 0.05) is 25.6 Å². The minimum absolute atomic E-state index is 0.0306. The molecule has 0 bridgehead atoms. The minimum atomic E-state index is -0.466. The predicted molar refractivity (Wildman–Crippen MR) is 104 cm³/mol. The quantitative estimate of drug-likeness (QED) is 0.852. The van der Waals surface area contributed by atoms with Crippen LogP contribution in [-0.2, 0) is 22.6 Å². The zero-order chi connectivity index (χ0) is 18.8. The second-order valence-corrected chi connectivity index (χ2v) is 7.56. The highest BCUT2D eigenvalue weighted by Gasteiger charge is 2.46. The van der Waals surface area contributed by atoms with Crippen LogP contribution in [0.4, 0.5) is 0 Å². The van der Waals surface area contributed by atoms with E-state index in [2.05, 4.69) is 41.8 Å². The number of carbonyl (C=O) groups is 2. The number of piperazine rings is 1. The number of benzene rings is 2. The first kappa shape index (κ1) is 17.7. The van der Waals surface area contributed by atoms with Crippen LogP contribution >= 0.6 is 0 Å². The first-order chi connectivity index (χ1) is 13.1. The third-order valence-electron chi connectivity index (χ3n) is 5.50. The van der Waals surface area contributed by atoms with E-state index in [-0.39, 0.29) is 23.9 Å². The van der Waals surface area contributed by atoms with E-state index in [0.29, 0.717) is 19.4 Å². The fraction of sp³-hybridized carbons (Fsp3) is 0.364. The highest BCUT2D eigenvalue weighted by molar-refractivity contribution is 5.97. The van der Waals surface area contributed by atoms with Gasteiger partial charge in [0.2, 0.25) is 11.8 Å². The van der Waals surface area contributed by atoms with Gasteiger partial charge in [0.05, 0.1) is 0 Å². The molecule has 5 nitrogen and oxygen atoms in total. The van der Waals surface area contributed by atoms with E-state index < -0.39 is 6.04 Å². The van der Waals surface area contributed by atoms with Crippen molar-refractivity contribution in [2.75, 3.05) is 6.54 Å². The van der Waals surface area contributed by atoms with Crippen molar-refractivity contribution in [1.29, 1.82) is 0 Å². The summed E-state index contributed by atoms with van der Waals surface area (Å²) in [5.74, 6) is -0.00161. The van der Waals surface area contributed by atoms with Crippen molar-refractivity contribution in [3.05, 3.63) is 71.3 Å². The molecule has 2 aliphatic heterocycles. The number of fused-ring (bicyclic) bond motifs is 1. The SMILES string of the molecule is Cc1ccc(CN[C@H]2C[C@H]3C(=O)N[C@H](Cc4ccccc4)C(=O)N3C2)cc1. The van der Waals surface area contributed by atoms with Crippen LogP contribution in [0.1, 0.15) is 23.1 Å². The number of carbonyl (C=O) groups excluding carboxylic acids is 2. The molecule has 2 N–H and O–H groups in total. The molecule has 2 amide bonds. The zero-order valence-electron chi connectivity index (χ0n) is 15.5. The number of hydrogen-bond acceptors (Lipinski definition) is 3. The maximum atomic E-state index is 12.9. The summed E-state index contributed by atoms with van der Waals surface area (Å²) in [6, 6.07) is 17.6. The normalized spacial score (nSPS) is 24.6. The van der Waals surface area contributed by atoms with Crippen LogP contribution in [-0.4, -0.2) is 41.4 Å². The first-order valence-corrected chi connectivity index (χ1v) is 9.54. The molecule has 2 aliphatic rings. The van der Waals surface area contributed by atoms with Gasteiger partial charge in [0.15, 0.2) is 0 Å². The lowest BCUT2D eigenvalue weighted by Crippen LogP contribution is -2.61. The van der Waals surface area contributed by atoms with E-state index in [9.17, 15) is 9.59 Å². The molecule has 0 saturated carbocycles. The largest absolute Gasteiger partial charge is 0.342 e. The Balaban J connectivity index is 1.38. The highest BCUT2D eigenvalue weighted by atomic mass is 16.2. The Morgan fingerprint density at radius 3 is 2.52 bits per heavy atom. The van der Waals surface area contributed by atoms with Crippen molar-refractivity contribution in [3.8, 4) is 0 Å². The number of aryl methyl sites for hydroxylation is 1. The van der Waals surface area contributed by atoms with Gasteiger partial charge < -0.3 is 15.5 Å². The smallest absolute Gasteiger partial charge is 0.246 e. The van der Waals surface area contributed by atoms with Crippen LogP contribution in [0.2, 0.25) is 0 Å². The van der Waals surface area contributed by atoms with Crippen molar-refractivity contribution in [1.82, 2.24) is 15.5 Å². The number of hydrogen-bond donors (Lipinski definition) is 2. The fourth-order valence-electron chi connectivity index (χ4n) is 3.96. The van der Waals surface area contributed by atoms with Gasteiger partial charge >= 0.3 is 0 Å². The lowest BCUT2D eigenvalue weighted by molar-refractivity contribution is -0.147. The molecule has 2 fully saturated rings. The molecule has 0 spiro atoms. The second kappa shape index (κ2) is 7.53. The molecular formula is C22H25N3O2. The number of nitrogens with zero attached hydrogens (tertiary/aromatic N) is 1. The van der Waals surface area contributed by atoms with Gasteiger partial charge in [-0.25, -0.2) is 0 Å². The van der Waals surface area contributed by atoms with Crippen LogP contribution in [0.15, 0.2) is 54.6 Å². The summed E-state index contributed by atoms with van der Waals surface area (Å²) in [6.45, 7) is 3.41. The van der Waals surface area contributed by atoms with Crippen LogP contribution in [0.5, 0.6) is 0 Å². The summed E-state index contributed by atoms with van der Waals surface area (Å²) < 4.78 is 0. The summed E-state index contributed by atoms with van der Waals surface area (Å²) in [6.07, 6.45) is 1.21. The summed E-state index contributed by atoms with van der Waals surface area (Å²) >= 11 is 0. The molecule has 0 aromatic heterocycles. The highest BCUT2D eigenvalue weighted by Crippen LogP contribution is 2.24. The van der Waals surface area contributed by atoms with Crippen molar-refractivity contribution in [2.24, 2.45) is 0 Å². The van der Waals surface area contributed by atoms with Crippen LogP contribution < -0.4 is 10.6 Å². The Morgan fingerprint density at radius 1 is 1.04 bits per heavy atom. The van der Waals surface area contributed by atoms with Gasteiger partial charge in [-0.1, -0.05) is 60.2 Å². The lowest BCUT2D eigenvalue weighted by Gasteiger charge is -2.34. The first-order valence-electron chi connectivity index (χ1n) is 9.54. The van der Waals surface area contributed by atoms with Gasteiger partial charge in [-0.15, -0.1) is 0 Å². The summed E-state index contributed by atoms with van der Waals surface area (Å²) in [4.78, 5) is 27.2.